The SMILES string of the molecule is CCOc1ccc(S(=O)(=O)N/N=C(\C)c2cc(OC)c(OC)c(OC)c2)cc1. The summed E-state index contributed by atoms with van der Waals surface area (Å²) >= 11 is 0. The van der Waals surface area contributed by atoms with E-state index in [0.717, 1.165) is 0 Å². The highest BCUT2D eigenvalue weighted by Crippen LogP contribution is 2.38. The first-order valence-corrected chi connectivity index (χ1v) is 9.94. The number of rotatable bonds is 9. The van der Waals surface area contributed by atoms with Crippen molar-refractivity contribution in [1.29, 1.82) is 0 Å². The summed E-state index contributed by atoms with van der Waals surface area (Å²) < 4.78 is 46.1. The highest BCUT2D eigenvalue weighted by molar-refractivity contribution is 7.89. The second-order valence-corrected chi connectivity index (χ2v) is 7.27. The van der Waals surface area contributed by atoms with Crippen LogP contribution in [0.5, 0.6) is 23.0 Å². The molecule has 0 aliphatic heterocycles. The number of ether oxygens (including phenoxy) is 4. The Morgan fingerprint density at radius 3 is 2.04 bits per heavy atom. The minimum atomic E-state index is -3.82. The summed E-state index contributed by atoms with van der Waals surface area (Å²) in [6, 6.07) is 9.47. The van der Waals surface area contributed by atoms with Crippen LogP contribution in [0.4, 0.5) is 0 Å². The van der Waals surface area contributed by atoms with E-state index in [4.69, 9.17) is 18.9 Å². The summed E-state index contributed by atoms with van der Waals surface area (Å²) in [6.07, 6.45) is 0. The van der Waals surface area contributed by atoms with Gasteiger partial charge in [0.25, 0.3) is 10.0 Å². The van der Waals surface area contributed by atoms with E-state index in [0.29, 0.717) is 40.9 Å². The molecule has 0 fully saturated rings. The van der Waals surface area contributed by atoms with Crippen LogP contribution >= 0.6 is 0 Å². The van der Waals surface area contributed by atoms with Gasteiger partial charge in [0, 0.05) is 5.56 Å². The van der Waals surface area contributed by atoms with Crippen molar-refractivity contribution in [1.82, 2.24) is 4.83 Å². The average Bonchev–Trinajstić information content (AvgIpc) is 2.71. The van der Waals surface area contributed by atoms with Gasteiger partial charge in [0.05, 0.1) is 38.5 Å². The Morgan fingerprint density at radius 1 is 1.00 bits per heavy atom. The van der Waals surface area contributed by atoms with Crippen molar-refractivity contribution in [3.8, 4) is 23.0 Å². The molecular weight excluding hydrogens is 384 g/mol. The quantitative estimate of drug-likeness (QED) is 0.506. The van der Waals surface area contributed by atoms with Gasteiger partial charge < -0.3 is 18.9 Å². The minimum absolute atomic E-state index is 0.0809. The lowest BCUT2D eigenvalue weighted by molar-refractivity contribution is 0.324. The van der Waals surface area contributed by atoms with Crippen molar-refractivity contribution in [2.24, 2.45) is 5.10 Å². The molecule has 0 radical (unpaired) electrons. The van der Waals surface area contributed by atoms with E-state index >= 15 is 0 Å². The lowest BCUT2D eigenvalue weighted by atomic mass is 10.1. The summed E-state index contributed by atoms with van der Waals surface area (Å²) in [6.45, 7) is 4.02. The first-order chi connectivity index (χ1) is 13.4. The molecule has 0 amide bonds. The minimum Gasteiger partial charge on any atom is -0.494 e. The number of methoxy groups -OCH3 is 3. The molecule has 0 aliphatic carbocycles. The zero-order valence-corrected chi connectivity index (χ0v) is 17.3. The molecule has 0 spiro atoms. The Morgan fingerprint density at radius 2 is 1.57 bits per heavy atom. The molecule has 9 heteroatoms. The third-order valence-electron chi connectivity index (χ3n) is 3.86. The Labute approximate surface area is 165 Å². The molecule has 0 aliphatic rings. The Balaban J connectivity index is 2.27. The predicted octanol–water partition coefficient (Wildman–Crippen LogP) is 2.81. The van der Waals surface area contributed by atoms with E-state index in [9.17, 15) is 8.42 Å². The topological polar surface area (TPSA) is 95.5 Å². The lowest BCUT2D eigenvalue weighted by Crippen LogP contribution is -2.20. The van der Waals surface area contributed by atoms with Crippen LogP contribution in [0.2, 0.25) is 0 Å². The largest absolute Gasteiger partial charge is 0.494 e. The van der Waals surface area contributed by atoms with Gasteiger partial charge >= 0.3 is 0 Å². The fraction of sp³-hybridized carbons (Fsp3) is 0.316. The van der Waals surface area contributed by atoms with E-state index in [1.54, 1.807) is 31.2 Å². The van der Waals surface area contributed by atoms with Crippen molar-refractivity contribution in [2.75, 3.05) is 27.9 Å². The van der Waals surface area contributed by atoms with E-state index < -0.39 is 10.0 Å². The van der Waals surface area contributed by atoms with Crippen LogP contribution in [0.3, 0.4) is 0 Å². The van der Waals surface area contributed by atoms with Crippen LogP contribution in [0.1, 0.15) is 19.4 Å². The maximum absolute atomic E-state index is 12.5. The molecule has 28 heavy (non-hydrogen) atoms. The zero-order chi connectivity index (χ0) is 20.7. The molecular formula is C19H24N2O6S. The van der Waals surface area contributed by atoms with E-state index in [-0.39, 0.29) is 4.90 Å². The first kappa shape index (κ1) is 21.4. The van der Waals surface area contributed by atoms with Crippen molar-refractivity contribution < 1.29 is 27.4 Å². The van der Waals surface area contributed by atoms with Crippen LogP contribution in [0, 0.1) is 0 Å². The summed E-state index contributed by atoms with van der Waals surface area (Å²) in [7, 11) is 0.691. The number of nitrogens with one attached hydrogen (secondary N) is 1. The highest BCUT2D eigenvalue weighted by Gasteiger charge is 2.16. The number of hydrogen-bond donors (Lipinski definition) is 1. The third kappa shape index (κ3) is 4.86. The van der Waals surface area contributed by atoms with Gasteiger partial charge in [-0.2, -0.15) is 18.4 Å². The molecule has 2 rings (SSSR count). The number of hydrogen-bond acceptors (Lipinski definition) is 7. The normalized spacial score (nSPS) is 11.7. The van der Waals surface area contributed by atoms with E-state index in [2.05, 4.69) is 9.93 Å². The Bertz CT molecular complexity index is 914. The van der Waals surface area contributed by atoms with Crippen molar-refractivity contribution in [3.05, 3.63) is 42.0 Å². The van der Waals surface area contributed by atoms with E-state index in [1.807, 2.05) is 6.92 Å². The highest BCUT2D eigenvalue weighted by atomic mass is 32.2. The van der Waals surface area contributed by atoms with Gasteiger partial charge in [0.1, 0.15) is 5.75 Å². The fourth-order valence-electron chi connectivity index (χ4n) is 2.42. The molecule has 2 aromatic rings. The summed E-state index contributed by atoms with van der Waals surface area (Å²) in [5, 5.41) is 4.00. The van der Waals surface area contributed by atoms with Crippen LogP contribution in [0.15, 0.2) is 46.4 Å². The van der Waals surface area contributed by atoms with Gasteiger partial charge in [-0.05, 0) is 50.2 Å². The predicted molar refractivity (Wildman–Crippen MR) is 106 cm³/mol. The lowest BCUT2D eigenvalue weighted by Gasteiger charge is -2.14. The average molecular weight is 408 g/mol. The van der Waals surface area contributed by atoms with Gasteiger partial charge in [-0.1, -0.05) is 0 Å². The van der Waals surface area contributed by atoms with Gasteiger partial charge in [0.2, 0.25) is 5.75 Å². The maximum Gasteiger partial charge on any atom is 0.276 e. The number of hydrazone groups is 1. The van der Waals surface area contributed by atoms with Crippen molar-refractivity contribution in [3.63, 3.8) is 0 Å². The molecule has 0 heterocycles. The fourth-order valence-corrected chi connectivity index (χ4v) is 3.27. The summed E-state index contributed by atoms with van der Waals surface area (Å²) in [5.41, 5.74) is 1.04. The monoisotopic (exact) mass is 408 g/mol. The van der Waals surface area contributed by atoms with Crippen molar-refractivity contribution >= 4 is 15.7 Å². The van der Waals surface area contributed by atoms with Crippen LogP contribution < -0.4 is 23.8 Å². The van der Waals surface area contributed by atoms with E-state index in [1.165, 1.54) is 33.5 Å². The van der Waals surface area contributed by atoms with Crippen LogP contribution in [-0.2, 0) is 10.0 Å². The molecule has 0 aromatic heterocycles. The summed E-state index contributed by atoms with van der Waals surface area (Å²) in [4.78, 5) is 2.32. The molecule has 0 saturated heterocycles. The van der Waals surface area contributed by atoms with Crippen LogP contribution in [0.25, 0.3) is 0 Å². The molecule has 0 saturated carbocycles. The second kappa shape index (κ2) is 9.32. The third-order valence-corrected chi connectivity index (χ3v) is 5.09. The molecule has 152 valence electrons. The molecule has 0 atom stereocenters. The first-order valence-electron chi connectivity index (χ1n) is 8.45. The number of sulfonamides is 1. The zero-order valence-electron chi connectivity index (χ0n) is 16.5. The summed E-state index contributed by atoms with van der Waals surface area (Å²) in [5.74, 6) is 1.93. The number of benzene rings is 2. The van der Waals surface area contributed by atoms with Gasteiger partial charge in [0.15, 0.2) is 11.5 Å². The van der Waals surface area contributed by atoms with Gasteiger partial charge in [-0.25, -0.2) is 0 Å². The molecule has 0 unspecified atom stereocenters. The van der Waals surface area contributed by atoms with Crippen molar-refractivity contribution in [2.45, 2.75) is 18.7 Å². The standard InChI is InChI=1S/C19H24N2O6S/c1-6-27-15-7-9-16(10-8-15)28(22,23)21-20-13(2)14-11-17(24-3)19(26-5)18(12-14)25-4/h7-12,21H,6H2,1-5H3/b20-13+. The maximum atomic E-state index is 12.5. The Hall–Kier alpha value is -2.94. The Kier molecular flexibility index (Phi) is 7.11. The number of nitrogens with zero attached hydrogens (tertiary/aromatic N) is 1. The molecule has 8 nitrogen and oxygen atoms in total. The molecule has 0 bridgehead atoms. The molecule has 2 aromatic carbocycles. The van der Waals surface area contributed by atoms with Gasteiger partial charge in [-0.3, -0.25) is 0 Å². The molecule has 1 N–H and O–H groups in total. The van der Waals surface area contributed by atoms with Crippen LogP contribution in [-0.4, -0.2) is 42.1 Å². The van der Waals surface area contributed by atoms with Gasteiger partial charge in [-0.15, -0.1) is 0 Å². The smallest absolute Gasteiger partial charge is 0.276 e. The second-order valence-electron chi connectivity index (χ2n) is 5.61.